The fourth-order valence-electron chi connectivity index (χ4n) is 3.32. The van der Waals surface area contributed by atoms with Crippen molar-refractivity contribution in [2.24, 2.45) is 0 Å². The Morgan fingerprint density at radius 1 is 1.07 bits per heavy atom. The lowest BCUT2D eigenvalue weighted by atomic mass is 10.1. The largest absolute Gasteiger partial charge is 0.312 e. The smallest absolute Gasteiger partial charge is 0.227 e. The number of nitrogens with zero attached hydrogens (tertiary/aromatic N) is 3. The monoisotopic (exact) mass is 371 g/mol. The minimum Gasteiger partial charge on any atom is -0.312 e. The molecule has 1 aromatic heterocycles. The lowest BCUT2D eigenvalue weighted by molar-refractivity contribution is -0.117. The molecule has 1 saturated heterocycles. The Hall–Kier alpha value is -3.47. The minimum absolute atomic E-state index is 0.0740. The Bertz CT molecular complexity index is 1000. The molecule has 1 aliphatic rings. The molecule has 28 heavy (non-hydrogen) atoms. The van der Waals surface area contributed by atoms with Crippen molar-refractivity contribution >= 4 is 23.5 Å². The number of aromatic nitrogens is 2. The van der Waals surface area contributed by atoms with E-state index in [2.05, 4.69) is 17.2 Å². The molecule has 0 saturated carbocycles. The van der Waals surface area contributed by atoms with Gasteiger partial charge in [0.25, 0.3) is 0 Å². The fraction of sp³-hybridized carbons (Fsp3) is 0.174. The number of hydrogen-bond acceptors (Lipinski definition) is 3. The first-order valence-corrected chi connectivity index (χ1v) is 9.38. The van der Waals surface area contributed by atoms with E-state index in [-0.39, 0.29) is 11.7 Å². The topological polar surface area (TPSA) is 55.2 Å². The minimum atomic E-state index is -0.0740. The van der Waals surface area contributed by atoms with Crippen molar-refractivity contribution < 1.29 is 9.59 Å². The number of allylic oxidation sites excluding steroid dienone is 1. The first kappa shape index (κ1) is 17.9. The maximum absolute atomic E-state index is 12.4. The third-order valence-electron chi connectivity index (χ3n) is 4.80. The van der Waals surface area contributed by atoms with Gasteiger partial charge >= 0.3 is 0 Å². The van der Waals surface area contributed by atoms with E-state index in [1.165, 1.54) is 5.56 Å². The molecule has 4 rings (SSSR count). The normalized spacial score (nSPS) is 14.1. The Morgan fingerprint density at radius 2 is 1.86 bits per heavy atom. The number of carbonyl (C=O) groups excluding carboxylic acids is 2. The van der Waals surface area contributed by atoms with Crippen LogP contribution in [0.1, 0.15) is 34.3 Å². The quantitative estimate of drug-likeness (QED) is 0.487. The third kappa shape index (κ3) is 4.09. The van der Waals surface area contributed by atoms with Gasteiger partial charge in [0.1, 0.15) is 0 Å². The second-order valence-electron chi connectivity index (χ2n) is 6.85. The van der Waals surface area contributed by atoms with Crippen molar-refractivity contribution in [1.82, 2.24) is 9.78 Å². The van der Waals surface area contributed by atoms with Gasteiger partial charge < -0.3 is 4.90 Å². The lowest BCUT2D eigenvalue weighted by Crippen LogP contribution is -2.23. The van der Waals surface area contributed by atoms with E-state index in [0.29, 0.717) is 18.5 Å². The first-order chi connectivity index (χ1) is 13.7. The van der Waals surface area contributed by atoms with Crippen LogP contribution in [-0.2, 0) is 11.3 Å². The van der Waals surface area contributed by atoms with Crippen LogP contribution in [0.4, 0.5) is 5.69 Å². The molecule has 0 aliphatic carbocycles. The molecule has 1 aliphatic heterocycles. The Labute approximate surface area is 163 Å². The molecule has 1 amide bonds. The second-order valence-corrected chi connectivity index (χ2v) is 6.85. The van der Waals surface area contributed by atoms with Gasteiger partial charge in [0.2, 0.25) is 5.91 Å². The summed E-state index contributed by atoms with van der Waals surface area (Å²) in [5.41, 5.74) is 3.51. The van der Waals surface area contributed by atoms with E-state index >= 15 is 0 Å². The molecule has 2 heterocycles. The van der Waals surface area contributed by atoms with E-state index in [4.69, 9.17) is 0 Å². The van der Waals surface area contributed by atoms with Gasteiger partial charge in [-0.05, 0) is 48.4 Å². The average Bonchev–Trinajstić information content (AvgIpc) is 3.36. The molecule has 2 aromatic carbocycles. The van der Waals surface area contributed by atoms with Crippen LogP contribution in [0.25, 0.3) is 6.08 Å². The van der Waals surface area contributed by atoms with Crippen molar-refractivity contribution in [3.8, 4) is 0 Å². The number of hydrogen-bond donors (Lipinski definition) is 0. The summed E-state index contributed by atoms with van der Waals surface area (Å²) < 4.78 is 1.85. The van der Waals surface area contributed by atoms with Gasteiger partial charge in [-0.3, -0.25) is 14.3 Å². The van der Waals surface area contributed by atoms with E-state index in [9.17, 15) is 9.59 Å². The average molecular weight is 371 g/mol. The zero-order chi connectivity index (χ0) is 19.3. The molecule has 0 radical (unpaired) electrons. The maximum atomic E-state index is 12.4. The summed E-state index contributed by atoms with van der Waals surface area (Å²) in [5.74, 6) is 0.0709. The number of amides is 1. The van der Waals surface area contributed by atoms with Gasteiger partial charge in [-0.2, -0.15) is 5.10 Å². The van der Waals surface area contributed by atoms with Crippen LogP contribution in [0.2, 0.25) is 0 Å². The van der Waals surface area contributed by atoms with Gasteiger partial charge in [-0.1, -0.05) is 30.3 Å². The number of carbonyl (C=O) groups is 2. The molecule has 0 spiro atoms. The van der Waals surface area contributed by atoms with Crippen LogP contribution in [0.15, 0.2) is 73.1 Å². The summed E-state index contributed by atoms with van der Waals surface area (Å²) in [6.07, 6.45) is 8.48. The third-order valence-corrected chi connectivity index (χ3v) is 4.80. The lowest BCUT2D eigenvalue weighted by Gasteiger charge is -2.15. The molecule has 0 N–H and O–H groups in total. The SMILES string of the molecule is O=C(/C=C/c1cnn(Cc2ccccc2)c1)c1ccc(N2CCCC2=O)cc1. The van der Waals surface area contributed by atoms with Gasteiger partial charge in [0.05, 0.1) is 12.7 Å². The fourth-order valence-corrected chi connectivity index (χ4v) is 3.32. The molecule has 5 heteroatoms. The molecular weight excluding hydrogens is 350 g/mol. The molecule has 140 valence electrons. The van der Waals surface area contributed by atoms with E-state index in [1.54, 1.807) is 35.4 Å². The molecule has 0 bridgehead atoms. The Morgan fingerprint density at radius 3 is 2.57 bits per heavy atom. The van der Waals surface area contributed by atoms with Gasteiger partial charge in [-0.15, -0.1) is 0 Å². The van der Waals surface area contributed by atoms with Crippen molar-refractivity contribution in [2.45, 2.75) is 19.4 Å². The molecule has 1 fully saturated rings. The Kier molecular flexibility index (Phi) is 5.15. The molecule has 0 unspecified atom stereocenters. The zero-order valence-corrected chi connectivity index (χ0v) is 15.5. The highest BCUT2D eigenvalue weighted by Gasteiger charge is 2.21. The summed E-state index contributed by atoms with van der Waals surface area (Å²) in [7, 11) is 0. The molecular formula is C23H21N3O2. The van der Waals surface area contributed by atoms with Crippen molar-refractivity contribution in [2.75, 3.05) is 11.4 Å². The van der Waals surface area contributed by atoms with E-state index in [0.717, 1.165) is 24.2 Å². The van der Waals surface area contributed by atoms with Crippen molar-refractivity contribution in [3.05, 3.63) is 89.8 Å². The van der Waals surface area contributed by atoms with Crippen LogP contribution in [0.3, 0.4) is 0 Å². The first-order valence-electron chi connectivity index (χ1n) is 9.38. The highest BCUT2D eigenvalue weighted by Crippen LogP contribution is 2.21. The molecule has 5 nitrogen and oxygen atoms in total. The maximum Gasteiger partial charge on any atom is 0.227 e. The van der Waals surface area contributed by atoms with Crippen LogP contribution in [0.5, 0.6) is 0 Å². The van der Waals surface area contributed by atoms with Crippen LogP contribution < -0.4 is 4.90 Å². The number of anilines is 1. The van der Waals surface area contributed by atoms with Crippen molar-refractivity contribution in [3.63, 3.8) is 0 Å². The van der Waals surface area contributed by atoms with Gasteiger partial charge in [0.15, 0.2) is 5.78 Å². The van der Waals surface area contributed by atoms with Crippen LogP contribution in [-0.4, -0.2) is 28.0 Å². The van der Waals surface area contributed by atoms with Crippen molar-refractivity contribution in [1.29, 1.82) is 0 Å². The summed E-state index contributed by atoms with van der Waals surface area (Å²) in [6, 6.07) is 17.3. The molecule has 3 aromatic rings. The summed E-state index contributed by atoms with van der Waals surface area (Å²) in [5, 5.41) is 4.34. The van der Waals surface area contributed by atoms with Crippen LogP contribution in [0, 0.1) is 0 Å². The van der Waals surface area contributed by atoms with Gasteiger partial charge in [0, 0.05) is 36.0 Å². The highest BCUT2D eigenvalue weighted by atomic mass is 16.2. The standard InChI is InChI=1S/C23H21N3O2/c27-22(20-9-11-21(12-10-20)26-14-4-7-23(26)28)13-8-19-15-24-25(17-19)16-18-5-2-1-3-6-18/h1-3,5-6,8-13,15,17H,4,7,14,16H2/b13-8+. The van der Waals surface area contributed by atoms with E-state index in [1.807, 2.05) is 41.2 Å². The number of ketones is 1. The highest BCUT2D eigenvalue weighted by molar-refractivity contribution is 6.07. The van der Waals surface area contributed by atoms with Crippen LogP contribution >= 0.6 is 0 Å². The van der Waals surface area contributed by atoms with E-state index < -0.39 is 0 Å². The second kappa shape index (κ2) is 8.05. The molecule has 0 atom stereocenters. The zero-order valence-electron chi connectivity index (χ0n) is 15.5. The Balaban J connectivity index is 1.39. The summed E-state index contributed by atoms with van der Waals surface area (Å²) in [6.45, 7) is 1.44. The predicted octanol–water partition coefficient (Wildman–Crippen LogP) is 3.95. The number of benzene rings is 2. The summed E-state index contributed by atoms with van der Waals surface area (Å²) >= 11 is 0. The summed E-state index contributed by atoms with van der Waals surface area (Å²) in [4.78, 5) is 26.0. The predicted molar refractivity (Wildman–Crippen MR) is 109 cm³/mol. The van der Waals surface area contributed by atoms with Gasteiger partial charge in [-0.25, -0.2) is 0 Å². The number of rotatable bonds is 6.